The maximum atomic E-state index is 9.10. The van der Waals surface area contributed by atoms with Crippen molar-refractivity contribution in [1.29, 1.82) is 0 Å². The van der Waals surface area contributed by atoms with E-state index in [2.05, 4.69) is 140 Å². The number of aliphatic carboxylic acids is 2. The molecule has 12 heteroatoms. The smallest absolute Gasteiger partial charge is 0.414 e. The Morgan fingerprint density at radius 2 is 1.21 bits per heavy atom. The van der Waals surface area contributed by atoms with Crippen LogP contribution in [0.1, 0.15) is 37.8 Å². The first-order chi connectivity index (χ1) is 25.4. The minimum absolute atomic E-state index is 0.554. The largest absolute Gasteiger partial charge is 0.497 e. The fourth-order valence-electron chi connectivity index (χ4n) is 5.47. The predicted molar refractivity (Wildman–Crippen MR) is 211 cm³/mol. The van der Waals surface area contributed by atoms with Crippen molar-refractivity contribution < 1.29 is 24.5 Å². The van der Waals surface area contributed by atoms with Crippen LogP contribution in [0.5, 0.6) is 5.75 Å². The van der Waals surface area contributed by atoms with Crippen molar-refractivity contribution in [3.05, 3.63) is 96.2 Å². The highest BCUT2D eigenvalue weighted by Crippen LogP contribution is 2.32. The lowest BCUT2D eigenvalue weighted by Crippen LogP contribution is -2.28. The molecule has 5 aromatic rings. The Morgan fingerprint density at radius 1 is 0.717 bits per heavy atom. The molecule has 0 bridgehead atoms. The van der Waals surface area contributed by atoms with E-state index in [1.165, 1.54) is 11.1 Å². The van der Waals surface area contributed by atoms with Crippen LogP contribution in [0.4, 0.5) is 0 Å². The molecule has 0 aliphatic carbocycles. The van der Waals surface area contributed by atoms with Crippen molar-refractivity contribution in [2.75, 3.05) is 48.4 Å². The molecule has 0 spiro atoms. The Bertz CT molecular complexity index is 1890. The van der Waals surface area contributed by atoms with Crippen molar-refractivity contribution in [3.63, 3.8) is 0 Å². The number of aromatic nitrogens is 3. The number of benzene rings is 3. The number of nitrogens with one attached hydrogen (secondary N) is 2. The monoisotopic (exact) mass is 723 g/mol. The number of carboxylic acids is 2. The number of hydrogen-bond acceptors (Lipinski definition) is 9. The molecular weight excluding hydrogens is 670 g/mol. The minimum atomic E-state index is -1.82. The number of carboxylic acid groups (broad SMARTS) is 2. The van der Waals surface area contributed by atoms with Gasteiger partial charge in [0.1, 0.15) is 11.4 Å². The first-order valence-corrected chi connectivity index (χ1v) is 17.8. The zero-order valence-corrected chi connectivity index (χ0v) is 31.8. The molecule has 2 atom stereocenters. The maximum absolute atomic E-state index is 9.10. The van der Waals surface area contributed by atoms with Crippen LogP contribution in [-0.2, 0) is 22.7 Å². The van der Waals surface area contributed by atoms with Gasteiger partial charge >= 0.3 is 11.9 Å². The molecule has 2 heterocycles. The quantitative estimate of drug-likeness (QED) is 0.0727. The van der Waals surface area contributed by atoms with Crippen LogP contribution in [0, 0.1) is 0 Å². The standard InChI is InChI=1S/C39H51N7O.C2H2O4/c1-28(44(3)4)20-23-40-26-30-8-12-32(13-9-30)37-36-22-25-46(34-16-18-35(47-7)19-17-34)39(36)43-38(42-37)33-14-10-31(11-15-33)27-41-24-21-29(2)45(5)6;3-1(4)2(5)6/h8-19,22,25,28-29,40-41H,20-21,23-24,26-27H2,1-7H3;(H,3,4)(H,5,6). The Balaban J connectivity index is 0.000000964. The van der Waals surface area contributed by atoms with Crippen LogP contribution in [0.2, 0.25) is 0 Å². The van der Waals surface area contributed by atoms with Gasteiger partial charge in [0.05, 0.1) is 12.8 Å². The van der Waals surface area contributed by atoms with Gasteiger partial charge in [-0.15, -0.1) is 0 Å². The molecule has 2 aromatic heterocycles. The summed E-state index contributed by atoms with van der Waals surface area (Å²) < 4.78 is 7.53. The summed E-state index contributed by atoms with van der Waals surface area (Å²) >= 11 is 0. The van der Waals surface area contributed by atoms with E-state index in [1.807, 2.05) is 12.1 Å². The fourth-order valence-corrected chi connectivity index (χ4v) is 5.47. The summed E-state index contributed by atoms with van der Waals surface area (Å²) in [6, 6.07) is 28.7. The lowest BCUT2D eigenvalue weighted by molar-refractivity contribution is -0.159. The molecule has 0 aliphatic rings. The Morgan fingerprint density at radius 3 is 1.66 bits per heavy atom. The van der Waals surface area contributed by atoms with Gasteiger partial charge in [0.25, 0.3) is 0 Å². The van der Waals surface area contributed by atoms with E-state index in [4.69, 9.17) is 34.5 Å². The third-order valence-corrected chi connectivity index (χ3v) is 9.42. The van der Waals surface area contributed by atoms with Gasteiger partial charge in [-0.05, 0) is 109 Å². The van der Waals surface area contributed by atoms with E-state index < -0.39 is 11.9 Å². The van der Waals surface area contributed by atoms with E-state index in [9.17, 15) is 0 Å². The molecule has 0 fully saturated rings. The fraction of sp³-hybridized carbons (Fsp3) is 0.366. The molecule has 4 N–H and O–H groups in total. The summed E-state index contributed by atoms with van der Waals surface area (Å²) in [7, 11) is 10.2. The first-order valence-electron chi connectivity index (χ1n) is 17.8. The normalized spacial score (nSPS) is 12.4. The highest BCUT2D eigenvalue weighted by molar-refractivity contribution is 6.27. The highest BCUT2D eigenvalue weighted by Gasteiger charge is 2.16. The number of nitrogens with zero attached hydrogens (tertiary/aromatic N) is 5. The number of fused-ring (bicyclic) bond motifs is 1. The lowest BCUT2D eigenvalue weighted by atomic mass is 10.1. The van der Waals surface area contributed by atoms with Gasteiger partial charge in [-0.25, -0.2) is 19.6 Å². The second kappa shape index (κ2) is 19.6. The summed E-state index contributed by atoms with van der Waals surface area (Å²) in [6.45, 7) is 8.16. The number of methoxy groups -OCH3 is 1. The molecule has 0 saturated heterocycles. The maximum Gasteiger partial charge on any atom is 0.414 e. The Labute approximate surface area is 312 Å². The molecule has 12 nitrogen and oxygen atoms in total. The van der Waals surface area contributed by atoms with Gasteiger partial charge in [-0.1, -0.05) is 48.5 Å². The van der Waals surface area contributed by atoms with Crippen molar-refractivity contribution in [2.24, 2.45) is 0 Å². The van der Waals surface area contributed by atoms with Gasteiger partial charge in [-0.3, -0.25) is 0 Å². The summed E-state index contributed by atoms with van der Waals surface area (Å²) in [6.07, 6.45) is 4.31. The number of hydrogen-bond donors (Lipinski definition) is 4. The van der Waals surface area contributed by atoms with E-state index in [1.54, 1.807) is 7.11 Å². The summed E-state index contributed by atoms with van der Waals surface area (Å²) in [5.74, 6) is -2.11. The second-order valence-electron chi connectivity index (χ2n) is 13.6. The van der Waals surface area contributed by atoms with Crippen LogP contribution < -0.4 is 15.4 Å². The topological polar surface area (TPSA) is 145 Å². The Kier molecular flexibility index (Phi) is 15.0. The molecule has 282 valence electrons. The van der Waals surface area contributed by atoms with Crippen LogP contribution in [-0.4, -0.2) is 107 Å². The van der Waals surface area contributed by atoms with Crippen molar-refractivity contribution in [3.8, 4) is 34.1 Å². The van der Waals surface area contributed by atoms with Crippen molar-refractivity contribution in [1.82, 2.24) is 35.0 Å². The van der Waals surface area contributed by atoms with Crippen LogP contribution in [0.25, 0.3) is 39.4 Å². The first kappa shape index (κ1) is 40.6. The number of ether oxygens (including phenoxy) is 1. The SMILES string of the molecule is COc1ccc(-n2ccc3c(-c4ccc(CNCCC(C)N(C)C)cc4)nc(-c4ccc(CNCCC(C)N(C)C)cc4)nc32)cc1.O=C(O)C(=O)O. The molecule has 0 saturated carbocycles. The number of carbonyl (C=O) groups is 2. The highest BCUT2D eigenvalue weighted by atomic mass is 16.5. The zero-order valence-electron chi connectivity index (χ0n) is 31.8. The van der Waals surface area contributed by atoms with Gasteiger partial charge in [0.15, 0.2) is 5.82 Å². The van der Waals surface area contributed by atoms with Crippen LogP contribution in [0.3, 0.4) is 0 Å². The number of rotatable bonds is 16. The lowest BCUT2D eigenvalue weighted by Gasteiger charge is -2.19. The van der Waals surface area contributed by atoms with E-state index in [-0.39, 0.29) is 0 Å². The van der Waals surface area contributed by atoms with Crippen LogP contribution in [0.15, 0.2) is 85.1 Å². The molecule has 2 unspecified atom stereocenters. The third kappa shape index (κ3) is 11.7. The average molecular weight is 724 g/mol. The van der Waals surface area contributed by atoms with E-state index in [0.717, 1.165) is 78.3 Å². The van der Waals surface area contributed by atoms with E-state index >= 15 is 0 Å². The van der Waals surface area contributed by atoms with Gasteiger partial charge < -0.3 is 40.0 Å². The van der Waals surface area contributed by atoms with E-state index in [0.29, 0.717) is 17.9 Å². The van der Waals surface area contributed by atoms with Crippen molar-refractivity contribution >= 4 is 23.0 Å². The average Bonchev–Trinajstić information content (AvgIpc) is 3.59. The molecule has 0 amide bonds. The molecule has 0 aliphatic heterocycles. The second-order valence-corrected chi connectivity index (χ2v) is 13.6. The molecule has 53 heavy (non-hydrogen) atoms. The third-order valence-electron chi connectivity index (χ3n) is 9.42. The Hall–Kier alpha value is -5.14. The molecule has 3 aromatic carbocycles. The molecule has 0 radical (unpaired) electrons. The van der Waals surface area contributed by atoms with Gasteiger partial charge in [0, 0.05) is 53.6 Å². The molecular formula is C41H53N7O5. The predicted octanol–water partition coefficient (Wildman–Crippen LogP) is 5.78. The summed E-state index contributed by atoms with van der Waals surface area (Å²) in [4.78, 5) is 33.0. The summed E-state index contributed by atoms with van der Waals surface area (Å²) in [5, 5.41) is 23.0. The van der Waals surface area contributed by atoms with Gasteiger partial charge in [-0.2, -0.15) is 0 Å². The van der Waals surface area contributed by atoms with Gasteiger partial charge in [0.2, 0.25) is 0 Å². The molecule has 5 rings (SSSR count). The van der Waals surface area contributed by atoms with Crippen LogP contribution >= 0.6 is 0 Å². The summed E-state index contributed by atoms with van der Waals surface area (Å²) in [5.41, 5.74) is 7.39. The van der Waals surface area contributed by atoms with Crippen molar-refractivity contribution in [2.45, 2.75) is 51.9 Å². The zero-order chi connectivity index (χ0) is 38.5. The minimum Gasteiger partial charge on any atom is -0.497 e.